The number of sulfonamides is 1. The van der Waals surface area contributed by atoms with E-state index in [-0.39, 0.29) is 11.0 Å². The summed E-state index contributed by atoms with van der Waals surface area (Å²) in [6.07, 6.45) is 6.44. The average Bonchev–Trinajstić information content (AvgIpc) is 3.59. The number of hydrogen-bond donors (Lipinski definition) is 1. The van der Waals surface area contributed by atoms with Crippen molar-refractivity contribution in [1.82, 2.24) is 14.7 Å². The number of benzene rings is 1. The van der Waals surface area contributed by atoms with Crippen molar-refractivity contribution < 1.29 is 13.2 Å². The minimum Gasteiger partial charge on any atom is -0.268 e. The van der Waals surface area contributed by atoms with Crippen LogP contribution in [0.5, 0.6) is 0 Å². The summed E-state index contributed by atoms with van der Waals surface area (Å²) in [6, 6.07) is 10.7. The Hall–Kier alpha value is -2.77. The molecule has 1 N–H and O–H groups in total. The van der Waals surface area contributed by atoms with E-state index >= 15 is 0 Å². The largest absolute Gasteiger partial charge is 0.268 e. The SMILES string of the molecule is CC(C)(C)c1cc(-c2cncc(-c3ccc(C(=O)NS(=O)(=O)C4CC4)cc3Cl)c2)ccn1. The lowest BCUT2D eigenvalue weighted by Gasteiger charge is -2.18. The maximum atomic E-state index is 12.4. The van der Waals surface area contributed by atoms with Gasteiger partial charge in [-0.15, -0.1) is 0 Å². The average molecular weight is 470 g/mol. The molecule has 1 saturated carbocycles. The third-order valence-corrected chi connectivity index (χ3v) is 7.47. The summed E-state index contributed by atoms with van der Waals surface area (Å²) in [5, 5.41) is -0.132. The number of nitrogens with one attached hydrogen (secondary N) is 1. The molecule has 166 valence electrons. The Kier molecular flexibility index (Phi) is 5.81. The molecule has 1 fully saturated rings. The Morgan fingerprint density at radius 2 is 1.75 bits per heavy atom. The lowest BCUT2D eigenvalue weighted by atomic mass is 9.90. The maximum absolute atomic E-state index is 12.4. The predicted molar refractivity (Wildman–Crippen MR) is 126 cm³/mol. The summed E-state index contributed by atoms with van der Waals surface area (Å²) in [6.45, 7) is 6.34. The van der Waals surface area contributed by atoms with Gasteiger partial charge >= 0.3 is 0 Å². The van der Waals surface area contributed by atoms with Crippen LogP contribution in [0.25, 0.3) is 22.3 Å². The van der Waals surface area contributed by atoms with Crippen LogP contribution in [0.4, 0.5) is 0 Å². The van der Waals surface area contributed by atoms with Gasteiger partial charge in [-0.25, -0.2) is 13.1 Å². The normalized spacial score (nSPS) is 14.2. The maximum Gasteiger partial charge on any atom is 0.264 e. The van der Waals surface area contributed by atoms with Crippen molar-refractivity contribution in [2.24, 2.45) is 0 Å². The molecule has 1 amide bonds. The first kappa shape index (κ1) is 22.4. The summed E-state index contributed by atoms with van der Waals surface area (Å²) >= 11 is 6.47. The van der Waals surface area contributed by atoms with Crippen LogP contribution in [-0.4, -0.2) is 29.5 Å². The summed E-state index contributed by atoms with van der Waals surface area (Å²) in [5.41, 5.74) is 4.51. The molecule has 0 unspecified atom stereocenters. The summed E-state index contributed by atoms with van der Waals surface area (Å²) in [7, 11) is -3.62. The highest BCUT2D eigenvalue weighted by molar-refractivity contribution is 7.91. The van der Waals surface area contributed by atoms with E-state index in [1.54, 1.807) is 30.7 Å². The smallest absolute Gasteiger partial charge is 0.264 e. The van der Waals surface area contributed by atoms with E-state index in [1.165, 1.54) is 6.07 Å². The second-order valence-corrected chi connectivity index (χ2v) is 11.4. The molecule has 0 saturated heterocycles. The van der Waals surface area contributed by atoms with E-state index < -0.39 is 21.2 Å². The quantitative estimate of drug-likeness (QED) is 0.569. The molecule has 32 heavy (non-hydrogen) atoms. The van der Waals surface area contributed by atoms with Gasteiger partial charge in [0.05, 0.1) is 5.25 Å². The predicted octanol–water partition coefficient (Wildman–Crippen LogP) is 4.98. The minimum atomic E-state index is -3.62. The molecule has 8 heteroatoms. The molecule has 0 atom stereocenters. The Labute approximate surface area is 193 Å². The van der Waals surface area contributed by atoms with Crippen molar-refractivity contribution in [3.63, 3.8) is 0 Å². The third kappa shape index (κ3) is 4.84. The Morgan fingerprint density at radius 1 is 1.03 bits per heavy atom. The van der Waals surface area contributed by atoms with Gasteiger partial charge in [0, 0.05) is 57.0 Å². The molecule has 1 aromatic carbocycles. The number of nitrogens with zero attached hydrogens (tertiary/aromatic N) is 2. The summed E-state index contributed by atoms with van der Waals surface area (Å²) in [4.78, 5) is 21.2. The summed E-state index contributed by atoms with van der Waals surface area (Å²) < 4.78 is 26.2. The van der Waals surface area contributed by atoms with Crippen LogP contribution in [0, 0.1) is 0 Å². The molecular formula is C24H24ClN3O3S. The second kappa shape index (κ2) is 8.30. The molecule has 0 spiro atoms. The molecule has 2 aromatic heterocycles. The van der Waals surface area contributed by atoms with Crippen LogP contribution in [0.1, 0.15) is 49.7 Å². The number of halogens is 1. The van der Waals surface area contributed by atoms with Gasteiger partial charge in [0.1, 0.15) is 0 Å². The fourth-order valence-electron chi connectivity index (χ4n) is 3.31. The highest BCUT2D eigenvalue weighted by atomic mass is 35.5. The van der Waals surface area contributed by atoms with Gasteiger partial charge in [0.2, 0.25) is 10.0 Å². The monoisotopic (exact) mass is 469 g/mol. The van der Waals surface area contributed by atoms with Gasteiger partial charge in [0.25, 0.3) is 5.91 Å². The molecular weight excluding hydrogens is 446 g/mol. The first-order chi connectivity index (χ1) is 15.0. The van der Waals surface area contributed by atoms with Crippen molar-refractivity contribution in [1.29, 1.82) is 0 Å². The lowest BCUT2D eigenvalue weighted by Crippen LogP contribution is -2.33. The first-order valence-corrected chi connectivity index (χ1v) is 12.2. The van der Waals surface area contributed by atoms with Gasteiger partial charge in [-0.2, -0.15) is 0 Å². The molecule has 0 aliphatic heterocycles. The zero-order valence-corrected chi connectivity index (χ0v) is 19.7. The first-order valence-electron chi connectivity index (χ1n) is 10.3. The van der Waals surface area contributed by atoms with E-state index in [4.69, 9.17) is 11.6 Å². The van der Waals surface area contributed by atoms with Crippen molar-refractivity contribution in [3.05, 3.63) is 71.3 Å². The number of carbonyl (C=O) groups is 1. The van der Waals surface area contributed by atoms with Crippen molar-refractivity contribution in [2.45, 2.75) is 44.3 Å². The van der Waals surface area contributed by atoms with Crippen LogP contribution in [0.3, 0.4) is 0 Å². The van der Waals surface area contributed by atoms with E-state index in [2.05, 4.69) is 41.5 Å². The molecule has 4 rings (SSSR count). The fraction of sp³-hybridized carbons (Fsp3) is 0.292. The van der Waals surface area contributed by atoms with Crippen molar-refractivity contribution in [2.75, 3.05) is 0 Å². The van der Waals surface area contributed by atoms with E-state index in [1.807, 2.05) is 12.1 Å². The van der Waals surface area contributed by atoms with Crippen LogP contribution in [0.2, 0.25) is 5.02 Å². The highest BCUT2D eigenvalue weighted by Gasteiger charge is 2.37. The second-order valence-electron chi connectivity index (χ2n) is 9.01. The Morgan fingerprint density at radius 3 is 2.41 bits per heavy atom. The molecule has 6 nitrogen and oxygen atoms in total. The van der Waals surface area contributed by atoms with Crippen LogP contribution in [-0.2, 0) is 15.4 Å². The number of hydrogen-bond acceptors (Lipinski definition) is 5. The van der Waals surface area contributed by atoms with E-state index in [0.29, 0.717) is 23.4 Å². The Balaban J connectivity index is 1.62. The number of amides is 1. The van der Waals surface area contributed by atoms with Crippen molar-refractivity contribution >= 4 is 27.5 Å². The van der Waals surface area contributed by atoms with Gasteiger partial charge in [-0.1, -0.05) is 38.4 Å². The van der Waals surface area contributed by atoms with Gasteiger partial charge < -0.3 is 0 Å². The molecule has 1 aliphatic carbocycles. The standard InChI is InChI=1S/C24H24ClN3O3S/c1-24(2,3)22-12-15(8-9-27-22)17-10-18(14-26-13-17)20-7-4-16(11-21(20)25)23(29)28-32(30,31)19-5-6-19/h4,7-14,19H,5-6H2,1-3H3,(H,28,29). The lowest BCUT2D eigenvalue weighted by molar-refractivity contribution is 0.0981. The van der Waals surface area contributed by atoms with Crippen LogP contribution in [0.15, 0.2) is 55.0 Å². The van der Waals surface area contributed by atoms with E-state index in [0.717, 1.165) is 22.4 Å². The molecule has 2 heterocycles. The van der Waals surface area contributed by atoms with Gasteiger partial charge in [-0.3, -0.25) is 14.8 Å². The highest BCUT2D eigenvalue weighted by Crippen LogP contribution is 2.32. The van der Waals surface area contributed by atoms with E-state index in [9.17, 15) is 13.2 Å². The van der Waals surface area contributed by atoms with Gasteiger partial charge in [0.15, 0.2) is 0 Å². The molecule has 1 aliphatic rings. The van der Waals surface area contributed by atoms with Gasteiger partial charge in [-0.05, 0) is 48.7 Å². The van der Waals surface area contributed by atoms with Crippen molar-refractivity contribution in [3.8, 4) is 22.3 Å². The topological polar surface area (TPSA) is 89.0 Å². The minimum absolute atomic E-state index is 0.0756. The van der Waals surface area contributed by atoms with Crippen LogP contribution < -0.4 is 4.72 Å². The third-order valence-electron chi connectivity index (χ3n) is 5.34. The zero-order chi connectivity index (χ0) is 23.1. The number of rotatable bonds is 5. The Bertz CT molecular complexity index is 1300. The fourth-order valence-corrected chi connectivity index (χ4v) is 4.89. The molecule has 0 radical (unpaired) electrons. The zero-order valence-electron chi connectivity index (χ0n) is 18.1. The summed E-state index contributed by atoms with van der Waals surface area (Å²) in [5.74, 6) is -0.677. The number of pyridine rings is 2. The number of aromatic nitrogens is 2. The van der Waals surface area contributed by atoms with Crippen LogP contribution >= 0.6 is 11.6 Å². The number of carbonyl (C=O) groups excluding carboxylic acids is 1. The molecule has 3 aromatic rings. The molecule has 0 bridgehead atoms.